The van der Waals surface area contributed by atoms with Crippen LogP contribution in [0.1, 0.15) is 27.7 Å². The fourth-order valence-corrected chi connectivity index (χ4v) is 2.28. The van der Waals surface area contributed by atoms with Crippen LogP contribution in [0.2, 0.25) is 0 Å². The fraction of sp³-hybridized carbons (Fsp3) is 0.556. The maximum absolute atomic E-state index is 12.1. The number of hydrogen-bond acceptors (Lipinski definition) is 6. The van der Waals surface area contributed by atoms with E-state index < -0.39 is 11.7 Å². The lowest BCUT2D eigenvalue weighted by Crippen LogP contribution is -2.39. The quantitative estimate of drug-likeness (QED) is 0.796. The first-order chi connectivity index (χ1) is 12.1. The van der Waals surface area contributed by atoms with Gasteiger partial charge in [-0.15, -0.1) is 0 Å². The molecule has 0 bridgehead atoms. The largest absolute Gasteiger partial charge is 0.493 e. The van der Waals surface area contributed by atoms with Crippen LogP contribution in [0.25, 0.3) is 0 Å². The third-order valence-electron chi connectivity index (χ3n) is 3.34. The van der Waals surface area contributed by atoms with Gasteiger partial charge in [0, 0.05) is 32.1 Å². The summed E-state index contributed by atoms with van der Waals surface area (Å²) in [6, 6.07) is 3.35. The molecule has 8 heteroatoms. The molecule has 1 rings (SSSR count). The van der Waals surface area contributed by atoms with Crippen molar-refractivity contribution in [1.29, 1.82) is 0 Å². The predicted molar refractivity (Wildman–Crippen MR) is 98.4 cm³/mol. The van der Waals surface area contributed by atoms with Crippen LogP contribution >= 0.6 is 0 Å². The second-order valence-corrected chi connectivity index (χ2v) is 6.48. The van der Waals surface area contributed by atoms with Gasteiger partial charge >= 0.3 is 6.09 Å². The van der Waals surface area contributed by atoms with Crippen molar-refractivity contribution in [2.24, 2.45) is 0 Å². The number of carbonyl (C=O) groups excluding carboxylic acids is 2. The number of hydrogen-bond donors (Lipinski definition) is 1. The first kappa shape index (κ1) is 21.4. The predicted octanol–water partition coefficient (Wildman–Crippen LogP) is 2.59. The Bertz CT molecular complexity index is 614. The molecule has 8 nitrogen and oxygen atoms in total. The van der Waals surface area contributed by atoms with E-state index in [2.05, 4.69) is 5.32 Å². The Kier molecular flexibility index (Phi) is 7.55. The lowest BCUT2D eigenvalue weighted by atomic mass is 10.2. The van der Waals surface area contributed by atoms with E-state index >= 15 is 0 Å². The maximum atomic E-state index is 12.1. The molecule has 0 aliphatic carbocycles. The molecule has 2 amide bonds. The van der Waals surface area contributed by atoms with Gasteiger partial charge in [-0.25, -0.2) is 4.79 Å². The Morgan fingerprint density at radius 1 is 1.04 bits per heavy atom. The van der Waals surface area contributed by atoms with E-state index in [9.17, 15) is 9.59 Å². The summed E-state index contributed by atoms with van der Waals surface area (Å²) in [6.07, 6.45) is -0.536. The van der Waals surface area contributed by atoms with Gasteiger partial charge in [-0.1, -0.05) is 0 Å². The molecule has 1 aromatic rings. The molecule has 0 saturated carbocycles. The summed E-state index contributed by atoms with van der Waals surface area (Å²) in [4.78, 5) is 25.3. The minimum atomic E-state index is -0.582. The van der Waals surface area contributed by atoms with E-state index in [-0.39, 0.29) is 19.0 Å². The van der Waals surface area contributed by atoms with Crippen molar-refractivity contribution in [3.8, 4) is 17.2 Å². The van der Waals surface area contributed by atoms with Gasteiger partial charge in [0.2, 0.25) is 11.7 Å². The van der Waals surface area contributed by atoms with E-state index in [0.717, 1.165) is 0 Å². The molecule has 0 atom stereocenters. The Hall–Kier alpha value is -2.64. The van der Waals surface area contributed by atoms with Crippen molar-refractivity contribution >= 4 is 17.7 Å². The molecule has 0 fully saturated rings. The van der Waals surface area contributed by atoms with Gasteiger partial charge in [-0.2, -0.15) is 0 Å². The minimum Gasteiger partial charge on any atom is -0.493 e. The number of anilines is 1. The topological polar surface area (TPSA) is 86.3 Å². The number of carbonyl (C=O) groups is 2. The molecule has 0 radical (unpaired) electrons. The van der Waals surface area contributed by atoms with Gasteiger partial charge in [-0.3, -0.25) is 4.79 Å². The molecule has 0 unspecified atom stereocenters. The number of ether oxygens (including phenoxy) is 4. The number of amides is 2. The van der Waals surface area contributed by atoms with Gasteiger partial charge in [0.05, 0.1) is 27.0 Å². The van der Waals surface area contributed by atoms with E-state index in [1.807, 2.05) is 0 Å². The third kappa shape index (κ3) is 6.02. The number of alkyl carbamates (subject to hydrolysis) is 1. The molecule has 1 aromatic carbocycles. The molecular weight excluding hydrogens is 340 g/mol. The van der Waals surface area contributed by atoms with Crippen molar-refractivity contribution in [3.05, 3.63) is 12.1 Å². The zero-order valence-electron chi connectivity index (χ0n) is 16.5. The maximum Gasteiger partial charge on any atom is 0.407 e. The summed E-state index contributed by atoms with van der Waals surface area (Å²) >= 11 is 0. The van der Waals surface area contributed by atoms with Gasteiger partial charge in [0.15, 0.2) is 11.5 Å². The second kappa shape index (κ2) is 9.17. The van der Waals surface area contributed by atoms with Crippen LogP contribution in [0, 0.1) is 0 Å². The summed E-state index contributed by atoms with van der Waals surface area (Å²) in [5.74, 6) is 1.13. The smallest absolute Gasteiger partial charge is 0.407 e. The monoisotopic (exact) mass is 368 g/mol. The van der Waals surface area contributed by atoms with Crippen LogP contribution < -0.4 is 24.4 Å². The Labute approximate surface area is 154 Å². The van der Waals surface area contributed by atoms with Gasteiger partial charge in [-0.05, 0) is 20.8 Å². The van der Waals surface area contributed by atoms with Crippen LogP contribution in [-0.4, -0.2) is 52.0 Å². The van der Waals surface area contributed by atoms with Gasteiger partial charge < -0.3 is 29.2 Å². The molecule has 0 aromatic heterocycles. The first-order valence-corrected chi connectivity index (χ1v) is 8.18. The minimum absolute atomic E-state index is 0.190. The molecule has 0 spiro atoms. The van der Waals surface area contributed by atoms with Crippen molar-refractivity contribution in [2.75, 3.05) is 39.3 Å². The molecule has 146 valence electrons. The van der Waals surface area contributed by atoms with E-state index in [0.29, 0.717) is 22.9 Å². The number of methoxy groups -OCH3 is 3. The summed E-state index contributed by atoms with van der Waals surface area (Å²) < 4.78 is 21.1. The van der Waals surface area contributed by atoms with E-state index in [1.54, 1.807) is 32.9 Å². The Morgan fingerprint density at radius 2 is 1.58 bits per heavy atom. The van der Waals surface area contributed by atoms with Crippen LogP contribution in [0.5, 0.6) is 17.2 Å². The van der Waals surface area contributed by atoms with Gasteiger partial charge in [0.1, 0.15) is 5.60 Å². The summed E-state index contributed by atoms with van der Waals surface area (Å²) in [5.41, 5.74) is -0.0147. The molecule has 26 heavy (non-hydrogen) atoms. The highest BCUT2D eigenvalue weighted by Gasteiger charge is 2.20. The van der Waals surface area contributed by atoms with Crippen molar-refractivity contribution in [3.63, 3.8) is 0 Å². The normalized spacial score (nSPS) is 10.7. The first-order valence-electron chi connectivity index (χ1n) is 8.18. The Morgan fingerprint density at radius 3 is 1.96 bits per heavy atom. The highest BCUT2D eigenvalue weighted by Crippen LogP contribution is 2.41. The third-order valence-corrected chi connectivity index (χ3v) is 3.34. The lowest BCUT2D eigenvalue weighted by Gasteiger charge is -2.24. The second-order valence-electron chi connectivity index (χ2n) is 6.48. The zero-order chi connectivity index (χ0) is 19.9. The summed E-state index contributed by atoms with van der Waals surface area (Å²) in [6.45, 7) is 7.27. The zero-order valence-corrected chi connectivity index (χ0v) is 16.5. The molecule has 1 N–H and O–H groups in total. The SMILES string of the molecule is COc1cc(N(CCNC(=O)OC(C)(C)C)C(C)=O)cc(OC)c1OC. The van der Waals surface area contributed by atoms with Gasteiger partial charge in [0.25, 0.3) is 0 Å². The highest BCUT2D eigenvalue weighted by molar-refractivity contribution is 5.92. The van der Waals surface area contributed by atoms with Crippen molar-refractivity contribution in [2.45, 2.75) is 33.3 Å². The van der Waals surface area contributed by atoms with Crippen LogP contribution in [0.4, 0.5) is 10.5 Å². The highest BCUT2D eigenvalue weighted by atomic mass is 16.6. The fourth-order valence-electron chi connectivity index (χ4n) is 2.28. The number of rotatable bonds is 7. The summed E-state index contributed by atoms with van der Waals surface area (Å²) in [5, 5.41) is 2.63. The summed E-state index contributed by atoms with van der Waals surface area (Å²) in [7, 11) is 4.51. The molecule has 0 aliphatic rings. The standard InChI is InChI=1S/C18H28N2O6/c1-12(21)20(9-8-19-17(22)26-18(2,3)4)13-10-14(23-5)16(25-7)15(11-13)24-6/h10-11H,8-9H2,1-7H3,(H,19,22). The molecule has 0 aliphatic heterocycles. The average Bonchev–Trinajstić information content (AvgIpc) is 2.55. The Balaban J connectivity index is 2.94. The van der Waals surface area contributed by atoms with E-state index in [1.165, 1.54) is 33.2 Å². The van der Waals surface area contributed by atoms with Crippen LogP contribution in [-0.2, 0) is 9.53 Å². The van der Waals surface area contributed by atoms with Crippen LogP contribution in [0.15, 0.2) is 12.1 Å². The molecule has 0 heterocycles. The molecular formula is C18H28N2O6. The van der Waals surface area contributed by atoms with Crippen molar-refractivity contribution in [1.82, 2.24) is 5.32 Å². The van der Waals surface area contributed by atoms with Crippen molar-refractivity contribution < 1.29 is 28.5 Å². The van der Waals surface area contributed by atoms with E-state index in [4.69, 9.17) is 18.9 Å². The number of benzene rings is 1. The number of nitrogens with one attached hydrogen (secondary N) is 1. The van der Waals surface area contributed by atoms with Crippen LogP contribution in [0.3, 0.4) is 0 Å². The average molecular weight is 368 g/mol. The molecule has 0 saturated heterocycles. The lowest BCUT2D eigenvalue weighted by molar-refractivity contribution is -0.116. The number of nitrogens with zero attached hydrogens (tertiary/aromatic N) is 1.